The zero-order valence-electron chi connectivity index (χ0n) is 13.4. The van der Waals surface area contributed by atoms with Gasteiger partial charge in [-0.05, 0) is 23.6 Å². The van der Waals surface area contributed by atoms with E-state index in [1.165, 1.54) is 17.5 Å². The van der Waals surface area contributed by atoms with Crippen molar-refractivity contribution in [3.8, 4) is 5.75 Å². The van der Waals surface area contributed by atoms with Crippen molar-refractivity contribution in [1.29, 1.82) is 0 Å². The van der Waals surface area contributed by atoms with Crippen LogP contribution in [0.25, 0.3) is 12.2 Å². The van der Waals surface area contributed by atoms with Crippen molar-refractivity contribution in [3.05, 3.63) is 65.2 Å². The van der Waals surface area contributed by atoms with Crippen LogP contribution in [0.15, 0.2) is 48.5 Å². The summed E-state index contributed by atoms with van der Waals surface area (Å²) < 4.78 is 10.8. The highest BCUT2D eigenvalue weighted by atomic mass is 16.5. The van der Waals surface area contributed by atoms with Gasteiger partial charge >= 0.3 is 0 Å². The maximum atomic E-state index is 5.75. The van der Waals surface area contributed by atoms with Crippen LogP contribution in [0.2, 0.25) is 0 Å². The molecular weight excluding hydrogens is 272 g/mol. The first kappa shape index (κ1) is 16.3. The molecule has 0 spiro atoms. The molecule has 0 aliphatic carbocycles. The second-order valence-electron chi connectivity index (χ2n) is 5.21. The zero-order valence-corrected chi connectivity index (χ0v) is 13.4. The molecule has 2 aromatic carbocycles. The second kappa shape index (κ2) is 9.06. The quantitative estimate of drug-likeness (QED) is 0.513. The van der Waals surface area contributed by atoms with Gasteiger partial charge in [0.15, 0.2) is 0 Å². The lowest BCUT2D eigenvalue weighted by Crippen LogP contribution is -2.04. The van der Waals surface area contributed by atoms with Gasteiger partial charge < -0.3 is 9.47 Å². The average Bonchev–Trinajstić information content (AvgIpc) is 2.55. The fourth-order valence-corrected chi connectivity index (χ4v) is 2.31. The number of benzene rings is 2. The molecule has 0 bridgehead atoms. The molecule has 22 heavy (non-hydrogen) atoms. The maximum absolute atomic E-state index is 5.75. The van der Waals surface area contributed by atoms with Crippen LogP contribution < -0.4 is 4.74 Å². The van der Waals surface area contributed by atoms with Crippen LogP contribution in [0.3, 0.4) is 0 Å². The lowest BCUT2D eigenvalue weighted by atomic mass is 10.1. The molecule has 0 aliphatic heterocycles. The summed E-state index contributed by atoms with van der Waals surface area (Å²) >= 11 is 0. The van der Waals surface area contributed by atoms with E-state index in [2.05, 4.69) is 49.4 Å². The van der Waals surface area contributed by atoms with E-state index in [1.807, 2.05) is 18.2 Å². The first-order valence-electron chi connectivity index (χ1n) is 7.81. The van der Waals surface area contributed by atoms with E-state index in [-0.39, 0.29) is 0 Å². The number of rotatable bonds is 8. The van der Waals surface area contributed by atoms with Crippen LogP contribution >= 0.6 is 0 Å². The van der Waals surface area contributed by atoms with Crippen LogP contribution in [-0.4, -0.2) is 20.3 Å². The smallest absolute Gasteiger partial charge is 0.126 e. The van der Waals surface area contributed by atoms with Crippen LogP contribution in [0.5, 0.6) is 5.75 Å². The molecule has 0 saturated carbocycles. The van der Waals surface area contributed by atoms with Crippen molar-refractivity contribution in [3.63, 3.8) is 0 Å². The Kier molecular flexibility index (Phi) is 6.72. The number of methoxy groups -OCH3 is 1. The monoisotopic (exact) mass is 296 g/mol. The minimum Gasteiger partial charge on any atom is -0.491 e. The predicted molar refractivity (Wildman–Crippen MR) is 93.2 cm³/mol. The van der Waals surface area contributed by atoms with E-state index >= 15 is 0 Å². The van der Waals surface area contributed by atoms with E-state index in [0.717, 1.165) is 17.7 Å². The predicted octanol–water partition coefficient (Wildman–Crippen LogP) is 4.83. The van der Waals surface area contributed by atoms with Crippen LogP contribution in [0, 0.1) is 0 Å². The Bertz CT molecular complexity index is 602. The zero-order chi connectivity index (χ0) is 15.6. The molecule has 0 unspecified atom stereocenters. The molecule has 2 nitrogen and oxygen atoms in total. The van der Waals surface area contributed by atoms with Gasteiger partial charge in [0.05, 0.1) is 6.61 Å². The van der Waals surface area contributed by atoms with E-state index in [1.54, 1.807) is 7.11 Å². The molecule has 0 fully saturated rings. The van der Waals surface area contributed by atoms with Gasteiger partial charge in [0, 0.05) is 12.7 Å². The Morgan fingerprint density at radius 2 is 1.82 bits per heavy atom. The third kappa shape index (κ3) is 5.05. The molecule has 0 heterocycles. The minimum atomic E-state index is 0.563. The summed E-state index contributed by atoms with van der Waals surface area (Å²) in [6.45, 7) is 3.36. The Hall–Kier alpha value is -2.06. The van der Waals surface area contributed by atoms with Gasteiger partial charge in [0.2, 0.25) is 0 Å². The third-order valence-electron chi connectivity index (χ3n) is 3.41. The van der Waals surface area contributed by atoms with Crippen LogP contribution in [0.1, 0.15) is 30.0 Å². The highest BCUT2D eigenvalue weighted by Crippen LogP contribution is 2.21. The van der Waals surface area contributed by atoms with Crippen molar-refractivity contribution in [2.24, 2.45) is 0 Å². The summed E-state index contributed by atoms with van der Waals surface area (Å²) in [5.41, 5.74) is 3.69. The summed E-state index contributed by atoms with van der Waals surface area (Å²) in [6.07, 6.45) is 6.53. The van der Waals surface area contributed by atoms with Gasteiger partial charge in [-0.2, -0.15) is 0 Å². The molecule has 116 valence electrons. The first-order valence-corrected chi connectivity index (χ1v) is 7.81. The highest BCUT2D eigenvalue weighted by Gasteiger charge is 1.99. The molecule has 2 aromatic rings. The van der Waals surface area contributed by atoms with Crippen molar-refractivity contribution < 1.29 is 9.47 Å². The van der Waals surface area contributed by atoms with E-state index in [4.69, 9.17) is 9.47 Å². The van der Waals surface area contributed by atoms with Crippen molar-refractivity contribution in [2.45, 2.75) is 19.8 Å². The van der Waals surface area contributed by atoms with Gasteiger partial charge in [-0.1, -0.05) is 68.0 Å². The number of hydrogen-bond donors (Lipinski definition) is 0. The molecule has 2 rings (SSSR count). The molecule has 0 saturated heterocycles. The highest BCUT2D eigenvalue weighted by molar-refractivity contribution is 5.72. The minimum absolute atomic E-state index is 0.563. The first-order chi connectivity index (χ1) is 10.8. The van der Waals surface area contributed by atoms with Crippen molar-refractivity contribution >= 4 is 12.2 Å². The number of ether oxygens (including phenoxy) is 2. The lowest BCUT2D eigenvalue weighted by molar-refractivity contribution is 0.146. The number of para-hydroxylation sites is 1. The maximum Gasteiger partial charge on any atom is 0.126 e. The normalized spacial score (nSPS) is 11.0. The summed E-state index contributed by atoms with van der Waals surface area (Å²) in [7, 11) is 1.68. The molecule has 0 aliphatic rings. The number of aryl methyl sites for hydroxylation is 1. The van der Waals surface area contributed by atoms with E-state index < -0.39 is 0 Å². The fourth-order valence-electron chi connectivity index (χ4n) is 2.31. The fraction of sp³-hybridized carbons (Fsp3) is 0.300. The molecule has 0 aromatic heterocycles. The lowest BCUT2D eigenvalue weighted by Gasteiger charge is -2.08. The standard InChI is InChI=1S/C20H24O2/c1-3-7-17-8-6-9-18(16-17)12-13-19-10-4-5-11-20(19)22-15-14-21-2/h4-6,8-13,16H,3,7,14-15H2,1-2H3. The number of hydrogen-bond acceptors (Lipinski definition) is 2. The Morgan fingerprint density at radius 1 is 0.955 bits per heavy atom. The molecule has 0 radical (unpaired) electrons. The largest absolute Gasteiger partial charge is 0.491 e. The van der Waals surface area contributed by atoms with Crippen LogP contribution in [0.4, 0.5) is 0 Å². The SMILES string of the molecule is CCCc1cccc(C=Cc2ccccc2OCCOC)c1. The molecule has 0 N–H and O–H groups in total. The Labute approximate surface area is 133 Å². The molecule has 0 amide bonds. The van der Waals surface area contributed by atoms with Gasteiger partial charge in [-0.3, -0.25) is 0 Å². The summed E-state index contributed by atoms with van der Waals surface area (Å²) in [6, 6.07) is 16.7. The summed E-state index contributed by atoms with van der Waals surface area (Å²) in [4.78, 5) is 0. The van der Waals surface area contributed by atoms with E-state index in [0.29, 0.717) is 13.2 Å². The molecule has 2 heteroatoms. The molecular formula is C20H24O2. The van der Waals surface area contributed by atoms with Gasteiger partial charge in [-0.25, -0.2) is 0 Å². The second-order valence-corrected chi connectivity index (χ2v) is 5.21. The van der Waals surface area contributed by atoms with E-state index in [9.17, 15) is 0 Å². The Morgan fingerprint density at radius 3 is 2.64 bits per heavy atom. The third-order valence-corrected chi connectivity index (χ3v) is 3.41. The van der Waals surface area contributed by atoms with Crippen LogP contribution in [-0.2, 0) is 11.2 Å². The summed E-state index contributed by atoms with van der Waals surface area (Å²) in [5.74, 6) is 0.889. The molecule has 0 atom stereocenters. The average molecular weight is 296 g/mol. The topological polar surface area (TPSA) is 18.5 Å². The van der Waals surface area contributed by atoms with Gasteiger partial charge in [0.25, 0.3) is 0 Å². The Balaban J connectivity index is 2.10. The van der Waals surface area contributed by atoms with Gasteiger partial charge in [-0.15, -0.1) is 0 Å². The van der Waals surface area contributed by atoms with Crippen molar-refractivity contribution in [1.82, 2.24) is 0 Å². The summed E-state index contributed by atoms with van der Waals surface area (Å²) in [5, 5.41) is 0. The van der Waals surface area contributed by atoms with Crippen molar-refractivity contribution in [2.75, 3.05) is 20.3 Å². The van der Waals surface area contributed by atoms with Gasteiger partial charge in [0.1, 0.15) is 12.4 Å².